The molecule has 1 fully saturated rings. The molecule has 2 N–H and O–H groups in total. The van der Waals surface area contributed by atoms with Crippen LogP contribution in [-0.4, -0.2) is 18.2 Å². The van der Waals surface area contributed by atoms with Gasteiger partial charge in [-0.15, -0.1) is 0 Å². The summed E-state index contributed by atoms with van der Waals surface area (Å²) < 4.78 is 13.2. The van der Waals surface area contributed by atoms with Gasteiger partial charge in [0.15, 0.2) is 11.6 Å². The van der Waals surface area contributed by atoms with Crippen LogP contribution in [0.5, 0.6) is 5.75 Å². The van der Waals surface area contributed by atoms with Gasteiger partial charge in [-0.2, -0.15) is 0 Å². The number of hydrogen-bond acceptors (Lipinski definition) is 2. The Labute approximate surface area is 95.5 Å². The van der Waals surface area contributed by atoms with E-state index < -0.39 is 5.82 Å². The van der Waals surface area contributed by atoms with Gasteiger partial charge in [-0.25, -0.2) is 4.39 Å². The summed E-state index contributed by atoms with van der Waals surface area (Å²) in [7, 11) is 0. The number of aryl methyl sites for hydroxylation is 1. The van der Waals surface area contributed by atoms with Crippen molar-refractivity contribution >= 4 is 0 Å². The third-order valence-electron chi connectivity index (χ3n) is 3.31. The Morgan fingerprint density at radius 2 is 2.31 bits per heavy atom. The minimum atomic E-state index is -0.510. The van der Waals surface area contributed by atoms with Crippen LogP contribution in [0.2, 0.25) is 0 Å². The van der Waals surface area contributed by atoms with Crippen molar-refractivity contribution in [2.24, 2.45) is 5.92 Å². The van der Waals surface area contributed by atoms with Crippen molar-refractivity contribution in [1.29, 1.82) is 0 Å². The smallest absolute Gasteiger partial charge is 0.165 e. The first kappa shape index (κ1) is 11.4. The number of halogens is 1. The van der Waals surface area contributed by atoms with Gasteiger partial charge in [0, 0.05) is 0 Å². The van der Waals surface area contributed by atoms with Crippen molar-refractivity contribution in [3.05, 3.63) is 29.1 Å². The topological polar surface area (TPSA) is 32.3 Å². The van der Waals surface area contributed by atoms with Crippen LogP contribution in [0.15, 0.2) is 12.1 Å². The molecule has 0 radical (unpaired) electrons. The minimum Gasteiger partial charge on any atom is -0.505 e. The summed E-state index contributed by atoms with van der Waals surface area (Å²) in [6.45, 7) is 4.03. The summed E-state index contributed by atoms with van der Waals surface area (Å²) in [6.07, 6.45) is 3.30. The van der Waals surface area contributed by atoms with E-state index in [4.69, 9.17) is 0 Å². The number of rotatable bonds is 2. The molecule has 3 heteroatoms. The van der Waals surface area contributed by atoms with Crippen LogP contribution in [0.4, 0.5) is 4.39 Å². The molecular weight excluding hydrogens is 205 g/mol. The number of benzene rings is 1. The number of aromatic hydroxyl groups is 1. The largest absolute Gasteiger partial charge is 0.505 e. The number of phenols is 1. The van der Waals surface area contributed by atoms with Crippen molar-refractivity contribution in [3.8, 4) is 5.75 Å². The SMILES string of the molecule is Cc1cc(O)c(F)cc1CC1CCCNC1. The Bertz CT molecular complexity index is 372. The summed E-state index contributed by atoms with van der Waals surface area (Å²) in [6, 6.07) is 2.99. The Morgan fingerprint density at radius 1 is 1.50 bits per heavy atom. The quantitative estimate of drug-likeness (QED) is 0.806. The predicted molar refractivity (Wildman–Crippen MR) is 62.1 cm³/mol. The van der Waals surface area contributed by atoms with Crippen molar-refractivity contribution in [3.63, 3.8) is 0 Å². The third kappa shape index (κ3) is 2.53. The number of piperidine rings is 1. The number of nitrogens with one attached hydrogen (secondary N) is 1. The van der Waals surface area contributed by atoms with Crippen LogP contribution in [0.25, 0.3) is 0 Å². The zero-order valence-corrected chi connectivity index (χ0v) is 9.59. The average molecular weight is 223 g/mol. The monoisotopic (exact) mass is 223 g/mol. The highest BCUT2D eigenvalue weighted by Crippen LogP contribution is 2.24. The van der Waals surface area contributed by atoms with Gasteiger partial charge in [0.25, 0.3) is 0 Å². The van der Waals surface area contributed by atoms with Crippen LogP contribution in [0.3, 0.4) is 0 Å². The van der Waals surface area contributed by atoms with Crippen molar-refractivity contribution < 1.29 is 9.50 Å². The fraction of sp³-hybridized carbons (Fsp3) is 0.538. The molecule has 1 aliphatic heterocycles. The van der Waals surface area contributed by atoms with Gasteiger partial charge < -0.3 is 10.4 Å². The van der Waals surface area contributed by atoms with Gasteiger partial charge in [0.05, 0.1) is 0 Å². The normalized spacial score (nSPS) is 21.0. The standard InChI is InChI=1S/C13H18FNO/c1-9-5-13(16)12(14)7-11(9)6-10-3-2-4-15-8-10/h5,7,10,15-16H,2-4,6,8H2,1H3. The van der Waals surface area contributed by atoms with Gasteiger partial charge in [0.2, 0.25) is 0 Å². The summed E-state index contributed by atoms with van der Waals surface area (Å²) in [4.78, 5) is 0. The summed E-state index contributed by atoms with van der Waals surface area (Å²) >= 11 is 0. The maximum atomic E-state index is 13.2. The molecule has 0 amide bonds. The number of hydrogen-bond donors (Lipinski definition) is 2. The lowest BCUT2D eigenvalue weighted by Gasteiger charge is -2.23. The molecule has 0 spiro atoms. The first-order valence-electron chi connectivity index (χ1n) is 5.85. The van der Waals surface area contributed by atoms with Crippen LogP contribution in [0.1, 0.15) is 24.0 Å². The molecule has 16 heavy (non-hydrogen) atoms. The van der Waals surface area contributed by atoms with Crippen molar-refractivity contribution in [1.82, 2.24) is 5.32 Å². The van der Waals surface area contributed by atoms with E-state index in [2.05, 4.69) is 5.32 Å². The second-order valence-electron chi connectivity index (χ2n) is 4.65. The molecule has 0 aliphatic carbocycles. The molecule has 1 unspecified atom stereocenters. The highest BCUT2D eigenvalue weighted by Gasteiger charge is 2.15. The summed E-state index contributed by atoms with van der Waals surface area (Å²) in [5.74, 6) is -0.163. The van der Waals surface area contributed by atoms with Gasteiger partial charge in [0.1, 0.15) is 0 Å². The Hall–Kier alpha value is -1.09. The minimum absolute atomic E-state index is 0.247. The fourth-order valence-electron chi connectivity index (χ4n) is 2.34. The lowest BCUT2D eigenvalue weighted by atomic mass is 9.90. The molecule has 1 aliphatic rings. The molecule has 1 atom stereocenters. The first-order chi connectivity index (χ1) is 7.66. The van der Waals surface area contributed by atoms with E-state index in [9.17, 15) is 9.50 Å². The molecule has 2 rings (SSSR count). The fourth-order valence-corrected chi connectivity index (χ4v) is 2.34. The van der Waals surface area contributed by atoms with E-state index >= 15 is 0 Å². The molecule has 1 saturated heterocycles. The summed E-state index contributed by atoms with van der Waals surface area (Å²) in [5, 5.41) is 12.6. The first-order valence-corrected chi connectivity index (χ1v) is 5.85. The molecular formula is C13H18FNO. The maximum Gasteiger partial charge on any atom is 0.165 e. The second-order valence-corrected chi connectivity index (χ2v) is 4.65. The Morgan fingerprint density at radius 3 is 3.00 bits per heavy atom. The third-order valence-corrected chi connectivity index (χ3v) is 3.31. The van der Waals surface area contributed by atoms with Crippen LogP contribution >= 0.6 is 0 Å². The zero-order valence-electron chi connectivity index (χ0n) is 9.59. The molecule has 88 valence electrons. The van der Waals surface area contributed by atoms with Crippen LogP contribution in [0, 0.1) is 18.7 Å². The number of phenolic OH excluding ortho intramolecular Hbond substituents is 1. The Kier molecular flexibility index (Phi) is 3.44. The average Bonchev–Trinajstić information content (AvgIpc) is 2.27. The van der Waals surface area contributed by atoms with Crippen molar-refractivity contribution in [2.45, 2.75) is 26.2 Å². The lowest BCUT2D eigenvalue weighted by Crippen LogP contribution is -2.31. The molecule has 1 aromatic carbocycles. The van der Waals surface area contributed by atoms with E-state index in [0.717, 1.165) is 30.6 Å². The van der Waals surface area contributed by atoms with E-state index in [0.29, 0.717) is 5.92 Å². The lowest BCUT2D eigenvalue weighted by molar-refractivity contribution is 0.374. The molecule has 2 nitrogen and oxygen atoms in total. The highest BCUT2D eigenvalue weighted by molar-refractivity contribution is 5.35. The second kappa shape index (κ2) is 4.83. The van der Waals surface area contributed by atoms with Crippen molar-refractivity contribution in [2.75, 3.05) is 13.1 Å². The van der Waals surface area contributed by atoms with Gasteiger partial charge >= 0.3 is 0 Å². The van der Waals surface area contributed by atoms with Crippen LogP contribution in [-0.2, 0) is 6.42 Å². The molecule has 0 saturated carbocycles. The molecule has 0 aromatic heterocycles. The maximum absolute atomic E-state index is 13.2. The van der Waals surface area contributed by atoms with Gasteiger partial charge in [-0.1, -0.05) is 0 Å². The predicted octanol–water partition coefficient (Wildman–Crippen LogP) is 2.38. The van der Waals surface area contributed by atoms with Gasteiger partial charge in [-0.05, 0) is 68.5 Å². The molecule has 1 heterocycles. The van der Waals surface area contributed by atoms with E-state index in [1.807, 2.05) is 6.92 Å². The highest BCUT2D eigenvalue weighted by atomic mass is 19.1. The van der Waals surface area contributed by atoms with E-state index in [1.54, 1.807) is 0 Å². The zero-order chi connectivity index (χ0) is 11.5. The van der Waals surface area contributed by atoms with Gasteiger partial charge in [-0.3, -0.25) is 0 Å². The van der Waals surface area contributed by atoms with Crippen LogP contribution < -0.4 is 5.32 Å². The molecule has 1 aromatic rings. The summed E-state index contributed by atoms with van der Waals surface area (Å²) in [5.41, 5.74) is 1.99. The molecule has 0 bridgehead atoms. The van der Waals surface area contributed by atoms with E-state index in [-0.39, 0.29) is 5.75 Å². The van der Waals surface area contributed by atoms with E-state index in [1.165, 1.54) is 25.0 Å². The Balaban J connectivity index is 2.11.